The van der Waals surface area contributed by atoms with E-state index in [1.165, 1.54) is 19.3 Å². The second-order valence-corrected chi connectivity index (χ2v) is 6.84. The van der Waals surface area contributed by atoms with Crippen molar-refractivity contribution in [1.82, 2.24) is 15.5 Å². The number of likely N-dealkylation sites (tertiary alicyclic amines) is 1. The van der Waals surface area contributed by atoms with E-state index in [4.69, 9.17) is 0 Å². The highest BCUT2D eigenvalue weighted by Crippen LogP contribution is 2.26. The number of piperidine rings is 1. The van der Waals surface area contributed by atoms with Crippen LogP contribution in [0.5, 0.6) is 0 Å². The molecule has 140 valence electrons. The Balaban J connectivity index is 0.00000288. The lowest BCUT2D eigenvalue weighted by Gasteiger charge is -2.31. The van der Waals surface area contributed by atoms with Crippen LogP contribution >= 0.6 is 24.0 Å². The molecule has 1 amide bonds. The molecular formula is C17H33IN4O2. The molecule has 0 spiro atoms. The number of nitrogens with one attached hydrogen (secondary N) is 2. The minimum absolute atomic E-state index is 0. The molecule has 0 bridgehead atoms. The van der Waals surface area contributed by atoms with Gasteiger partial charge in [0.25, 0.3) is 0 Å². The first kappa shape index (κ1) is 21.5. The highest BCUT2D eigenvalue weighted by Gasteiger charge is 2.24. The molecule has 0 aromatic rings. The zero-order valence-electron chi connectivity index (χ0n) is 15.0. The fourth-order valence-electron chi connectivity index (χ4n) is 3.50. The lowest BCUT2D eigenvalue weighted by molar-refractivity contribution is -0.132. The Labute approximate surface area is 162 Å². The van der Waals surface area contributed by atoms with E-state index >= 15 is 0 Å². The zero-order chi connectivity index (χ0) is 16.7. The third-order valence-corrected chi connectivity index (χ3v) is 4.94. The fourth-order valence-corrected chi connectivity index (χ4v) is 3.50. The second-order valence-electron chi connectivity index (χ2n) is 6.84. The van der Waals surface area contributed by atoms with Gasteiger partial charge in [-0.1, -0.05) is 19.3 Å². The third kappa shape index (κ3) is 6.74. The fraction of sp³-hybridized carbons (Fsp3) is 0.882. The van der Waals surface area contributed by atoms with Gasteiger partial charge in [-0.15, -0.1) is 24.0 Å². The molecule has 2 unspecified atom stereocenters. The molecule has 3 N–H and O–H groups in total. The molecule has 1 heterocycles. The standard InChI is InChI=1S/C17H32N4O2.HI/c1-3-18-17(20-14-9-10-16(23)21(2)12-14)19-11-15(22)13-7-5-4-6-8-13;/h13-15,22H,3-12H2,1-2H3,(H2,18,19,20);1H. The quantitative estimate of drug-likeness (QED) is 0.337. The van der Waals surface area contributed by atoms with Crippen LogP contribution in [0.1, 0.15) is 51.9 Å². The number of aliphatic imine (C=N–C) groups is 1. The van der Waals surface area contributed by atoms with Crippen LogP contribution in [0, 0.1) is 5.92 Å². The highest BCUT2D eigenvalue weighted by atomic mass is 127. The van der Waals surface area contributed by atoms with Gasteiger partial charge in [0, 0.05) is 32.6 Å². The van der Waals surface area contributed by atoms with Gasteiger partial charge < -0.3 is 20.6 Å². The van der Waals surface area contributed by atoms with Crippen molar-refractivity contribution in [2.45, 2.75) is 64.0 Å². The van der Waals surface area contributed by atoms with Gasteiger partial charge in [-0.2, -0.15) is 0 Å². The first-order valence-corrected chi connectivity index (χ1v) is 9.07. The number of amides is 1. The largest absolute Gasteiger partial charge is 0.391 e. The average Bonchev–Trinajstić information content (AvgIpc) is 2.56. The van der Waals surface area contributed by atoms with Crippen molar-refractivity contribution in [1.29, 1.82) is 0 Å². The number of halogens is 1. The molecule has 1 saturated heterocycles. The van der Waals surface area contributed by atoms with Crippen molar-refractivity contribution in [3.05, 3.63) is 0 Å². The summed E-state index contributed by atoms with van der Waals surface area (Å²) >= 11 is 0. The summed E-state index contributed by atoms with van der Waals surface area (Å²) in [6.45, 7) is 3.97. The van der Waals surface area contributed by atoms with Crippen molar-refractivity contribution < 1.29 is 9.90 Å². The molecule has 0 radical (unpaired) electrons. The number of aliphatic hydroxyl groups excluding tert-OH is 1. The van der Waals surface area contributed by atoms with Crippen molar-refractivity contribution >= 4 is 35.8 Å². The van der Waals surface area contributed by atoms with Crippen molar-refractivity contribution in [2.75, 3.05) is 26.7 Å². The molecule has 2 aliphatic rings. The summed E-state index contributed by atoms with van der Waals surface area (Å²) in [5.41, 5.74) is 0. The molecule has 24 heavy (non-hydrogen) atoms. The number of carbonyl (C=O) groups is 1. The van der Waals surface area contributed by atoms with E-state index in [1.54, 1.807) is 4.90 Å². The molecule has 2 rings (SSSR count). The molecule has 2 atom stereocenters. The van der Waals surface area contributed by atoms with Gasteiger partial charge in [0.05, 0.1) is 12.6 Å². The number of hydrogen-bond donors (Lipinski definition) is 3. The van der Waals surface area contributed by atoms with Gasteiger partial charge in [-0.25, -0.2) is 0 Å². The van der Waals surface area contributed by atoms with Crippen LogP contribution in [0.15, 0.2) is 4.99 Å². The van der Waals surface area contributed by atoms with Crippen molar-refractivity contribution in [3.8, 4) is 0 Å². The molecule has 0 aromatic heterocycles. The van der Waals surface area contributed by atoms with E-state index in [1.807, 2.05) is 14.0 Å². The highest BCUT2D eigenvalue weighted by molar-refractivity contribution is 14.0. The summed E-state index contributed by atoms with van der Waals surface area (Å²) in [7, 11) is 1.84. The monoisotopic (exact) mass is 452 g/mol. The number of guanidine groups is 1. The SMILES string of the molecule is CCNC(=NCC(O)C1CCCCC1)NC1CCC(=O)N(C)C1.I. The number of nitrogens with zero attached hydrogens (tertiary/aromatic N) is 2. The molecule has 2 fully saturated rings. The lowest BCUT2D eigenvalue weighted by Crippen LogP contribution is -2.51. The molecule has 6 nitrogen and oxygen atoms in total. The molecule has 1 aliphatic carbocycles. The van der Waals surface area contributed by atoms with E-state index in [0.717, 1.165) is 31.8 Å². The summed E-state index contributed by atoms with van der Waals surface area (Å²) in [6.07, 6.45) is 7.06. The van der Waals surface area contributed by atoms with E-state index in [-0.39, 0.29) is 42.0 Å². The summed E-state index contributed by atoms with van der Waals surface area (Å²) in [4.78, 5) is 17.9. The Morgan fingerprint density at radius 3 is 2.67 bits per heavy atom. The smallest absolute Gasteiger partial charge is 0.222 e. The molecule has 1 saturated carbocycles. The van der Waals surface area contributed by atoms with Crippen LogP contribution in [-0.2, 0) is 4.79 Å². The normalized spacial score (nSPS) is 24.3. The lowest BCUT2D eigenvalue weighted by atomic mass is 9.85. The predicted octanol–water partition coefficient (Wildman–Crippen LogP) is 1.72. The number of likely N-dealkylation sites (N-methyl/N-ethyl adjacent to an activating group) is 1. The maximum absolute atomic E-state index is 11.6. The topological polar surface area (TPSA) is 77.0 Å². The number of carbonyl (C=O) groups excluding carboxylic acids is 1. The van der Waals surface area contributed by atoms with Gasteiger partial charge in [0.2, 0.25) is 5.91 Å². The van der Waals surface area contributed by atoms with E-state index in [0.29, 0.717) is 25.4 Å². The first-order chi connectivity index (χ1) is 11.1. The maximum atomic E-state index is 11.6. The summed E-state index contributed by atoms with van der Waals surface area (Å²) in [6, 6.07) is 0.224. The summed E-state index contributed by atoms with van der Waals surface area (Å²) in [5.74, 6) is 1.35. The van der Waals surface area contributed by atoms with Crippen LogP contribution in [-0.4, -0.2) is 60.7 Å². The van der Waals surface area contributed by atoms with Crippen LogP contribution in [0.25, 0.3) is 0 Å². The van der Waals surface area contributed by atoms with Gasteiger partial charge in [-0.3, -0.25) is 9.79 Å². The van der Waals surface area contributed by atoms with Crippen molar-refractivity contribution in [2.24, 2.45) is 10.9 Å². The average molecular weight is 452 g/mol. The zero-order valence-corrected chi connectivity index (χ0v) is 17.3. The number of hydrogen-bond acceptors (Lipinski definition) is 3. The van der Waals surface area contributed by atoms with Crippen LogP contribution in [0.4, 0.5) is 0 Å². The minimum Gasteiger partial charge on any atom is -0.391 e. The van der Waals surface area contributed by atoms with Crippen LogP contribution in [0.2, 0.25) is 0 Å². The van der Waals surface area contributed by atoms with E-state index < -0.39 is 0 Å². The van der Waals surface area contributed by atoms with Gasteiger partial charge >= 0.3 is 0 Å². The van der Waals surface area contributed by atoms with E-state index in [9.17, 15) is 9.90 Å². The second kappa shape index (κ2) is 11.1. The number of rotatable bonds is 5. The Morgan fingerprint density at radius 1 is 1.33 bits per heavy atom. The Bertz CT molecular complexity index is 413. The molecule has 7 heteroatoms. The molecule has 1 aliphatic heterocycles. The summed E-state index contributed by atoms with van der Waals surface area (Å²) < 4.78 is 0. The van der Waals surface area contributed by atoms with Gasteiger partial charge in [-0.05, 0) is 32.1 Å². The Hall–Kier alpha value is -0.570. The first-order valence-electron chi connectivity index (χ1n) is 9.07. The molecule has 0 aromatic carbocycles. The molecular weight excluding hydrogens is 419 g/mol. The summed E-state index contributed by atoms with van der Waals surface area (Å²) in [5, 5.41) is 17.0. The number of aliphatic hydroxyl groups is 1. The predicted molar refractivity (Wildman–Crippen MR) is 108 cm³/mol. The maximum Gasteiger partial charge on any atom is 0.222 e. The van der Waals surface area contributed by atoms with Gasteiger partial charge in [0.15, 0.2) is 5.96 Å². The van der Waals surface area contributed by atoms with Crippen LogP contribution in [0.3, 0.4) is 0 Å². The van der Waals surface area contributed by atoms with Crippen LogP contribution < -0.4 is 10.6 Å². The van der Waals surface area contributed by atoms with E-state index in [2.05, 4.69) is 15.6 Å². The third-order valence-electron chi connectivity index (χ3n) is 4.94. The van der Waals surface area contributed by atoms with Crippen molar-refractivity contribution in [3.63, 3.8) is 0 Å². The Morgan fingerprint density at radius 2 is 2.04 bits per heavy atom. The Kier molecular flexibility index (Phi) is 9.95. The van der Waals surface area contributed by atoms with Gasteiger partial charge in [0.1, 0.15) is 0 Å². The minimum atomic E-state index is -0.346.